The molecule has 0 aliphatic heterocycles. The first kappa shape index (κ1) is 13.2. The maximum absolute atomic E-state index is 11.9. The van der Waals surface area contributed by atoms with Gasteiger partial charge in [0.15, 0.2) is 0 Å². The minimum absolute atomic E-state index is 0.00439. The van der Waals surface area contributed by atoms with E-state index in [2.05, 4.69) is 31.4 Å². The van der Waals surface area contributed by atoms with Crippen molar-refractivity contribution in [3.63, 3.8) is 0 Å². The van der Waals surface area contributed by atoms with Gasteiger partial charge in [-0.1, -0.05) is 15.9 Å². The van der Waals surface area contributed by atoms with Crippen LogP contribution in [0, 0.1) is 0 Å². The van der Waals surface area contributed by atoms with Gasteiger partial charge in [0.2, 0.25) is 0 Å². The van der Waals surface area contributed by atoms with Crippen molar-refractivity contribution in [2.45, 2.75) is 0 Å². The fourth-order valence-electron chi connectivity index (χ4n) is 1.42. The van der Waals surface area contributed by atoms with E-state index in [0.29, 0.717) is 10.0 Å². The summed E-state index contributed by atoms with van der Waals surface area (Å²) in [5.74, 6) is -1.57. The lowest BCUT2D eigenvalue weighted by atomic mass is 10.1. The number of rotatable bonds is 3. The quantitative estimate of drug-likeness (QED) is 0.904. The van der Waals surface area contributed by atoms with Gasteiger partial charge in [0.25, 0.3) is 5.91 Å². The number of benzene rings is 1. The highest BCUT2D eigenvalue weighted by atomic mass is 79.9. The van der Waals surface area contributed by atoms with Crippen LogP contribution in [0.3, 0.4) is 0 Å². The fraction of sp³-hybridized carbons (Fsp3) is 0. The molecule has 1 amide bonds. The van der Waals surface area contributed by atoms with Crippen LogP contribution in [0.2, 0.25) is 0 Å². The lowest BCUT2D eigenvalue weighted by Gasteiger charge is -2.08. The summed E-state index contributed by atoms with van der Waals surface area (Å²) in [6.45, 7) is 0. The number of aromatic nitrogens is 2. The van der Waals surface area contributed by atoms with Crippen LogP contribution in [-0.4, -0.2) is 27.2 Å². The normalized spacial score (nSPS) is 9.95. The molecule has 0 saturated heterocycles. The zero-order valence-electron chi connectivity index (χ0n) is 9.50. The number of anilines is 1. The van der Waals surface area contributed by atoms with Crippen molar-refractivity contribution in [1.82, 2.24) is 10.2 Å². The SMILES string of the molecule is O=C(Nc1ccc(Br)cc1C(=O)O)c1ccnnc1. The highest BCUT2D eigenvalue weighted by Crippen LogP contribution is 2.21. The van der Waals surface area contributed by atoms with Gasteiger partial charge in [0.05, 0.1) is 29.2 Å². The summed E-state index contributed by atoms with van der Waals surface area (Å²) < 4.78 is 0.619. The Hall–Kier alpha value is -2.28. The van der Waals surface area contributed by atoms with Crippen LogP contribution in [0.5, 0.6) is 0 Å². The second kappa shape index (κ2) is 5.57. The molecule has 0 saturated carbocycles. The van der Waals surface area contributed by atoms with Crippen LogP contribution in [0.25, 0.3) is 0 Å². The number of amides is 1. The second-order valence-electron chi connectivity index (χ2n) is 3.58. The molecule has 0 aliphatic carbocycles. The van der Waals surface area contributed by atoms with Crippen molar-refractivity contribution in [3.8, 4) is 0 Å². The number of nitrogens with zero attached hydrogens (tertiary/aromatic N) is 2. The smallest absolute Gasteiger partial charge is 0.337 e. The van der Waals surface area contributed by atoms with Crippen LogP contribution in [0.4, 0.5) is 5.69 Å². The number of carbonyl (C=O) groups is 2. The molecule has 0 spiro atoms. The molecule has 6 nitrogen and oxygen atoms in total. The molecule has 7 heteroatoms. The van der Waals surface area contributed by atoms with Gasteiger partial charge in [-0.15, -0.1) is 0 Å². The van der Waals surface area contributed by atoms with Crippen LogP contribution in [0.15, 0.2) is 41.1 Å². The van der Waals surface area contributed by atoms with Crippen molar-refractivity contribution < 1.29 is 14.7 Å². The Balaban J connectivity index is 2.29. The maximum Gasteiger partial charge on any atom is 0.337 e. The monoisotopic (exact) mass is 321 g/mol. The standard InChI is InChI=1S/C12H8BrN3O3/c13-8-1-2-10(9(5-8)12(18)19)16-11(17)7-3-4-14-15-6-7/h1-6H,(H,16,17)(H,18,19). The van der Waals surface area contributed by atoms with E-state index in [1.807, 2.05) is 0 Å². The third kappa shape index (κ3) is 3.14. The van der Waals surface area contributed by atoms with Crippen molar-refractivity contribution >= 4 is 33.5 Å². The number of halogens is 1. The number of carboxylic acid groups (broad SMARTS) is 1. The van der Waals surface area contributed by atoms with Crippen LogP contribution in [0.1, 0.15) is 20.7 Å². The van der Waals surface area contributed by atoms with E-state index in [1.165, 1.54) is 30.6 Å². The number of carbonyl (C=O) groups excluding carboxylic acids is 1. The van der Waals surface area contributed by atoms with E-state index < -0.39 is 11.9 Å². The molecule has 1 aromatic carbocycles. The molecule has 0 unspecified atom stereocenters. The van der Waals surface area contributed by atoms with E-state index in [-0.39, 0.29) is 11.3 Å². The van der Waals surface area contributed by atoms with Gasteiger partial charge in [0.1, 0.15) is 0 Å². The minimum atomic E-state index is -1.12. The minimum Gasteiger partial charge on any atom is -0.478 e. The molecule has 2 N–H and O–H groups in total. The molecule has 1 aromatic heterocycles. The lowest BCUT2D eigenvalue weighted by Crippen LogP contribution is -2.15. The van der Waals surface area contributed by atoms with Crippen molar-refractivity contribution in [1.29, 1.82) is 0 Å². The highest BCUT2D eigenvalue weighted by Gasteiger charge is 2.14. The van der Waals surface area contributed by atoms with Gasteiger partial charge in [-0.05, 0) is 24.3 Å². The molecule has 0 fully saturated rings. The first-order valence-corrected chi connectivity index (χ1v) is 5.98. The predicted molar refractivity (Wildman–Crippen MR) is 71.1 cm³/mol. The fourth-order valence-corrected chi connectivity index (χ4v) is 1.78. The van der Waals surface area contributed by atoms with E-state index in [9.17, 15) is 9.59 Å². The van der Waals surface area contributed by atoms with Crippen molar-refractivity contribution in [2.75, 3.05) is 5.32 Å². The Labute approximate surface area is 116 Å². The van der Waals surface area contributed by atoms with E-state index in [4.69, 9.17) is 5.11 Å². The summed E-state index contributed by atoms with van der Waals surface area (Å²) in [6, 6.07) is 6.07. The summed E-state index contributed by atoms with van der Waals surface area (Å²) in [7, 11) is 0. The zero-order chi connectivity index (χ0) is 13.8. The molecule has 2 rings (SSSR count). The first-order valence-electron chi connectivity index (χ1n) is 5.19. The largest absolute Gasteiger partial charge is 0.478 e. The van der Waals surface area contributed by atoms with E-state index in [0.717, 1.165) is 0 Å². The summed E-state index contributed by atoms with van der Waals surface area (Å²) in [5.41, 5.74) is 0.525. The summed E-state index contributed by atoms with van der Waals surface area (Å²) in [6.07, 6.45) is 2.68. The highest BCUT2D eigenvalue weighted by molar-refractivity contribution is 9.10. The molecule has 0 atom stereocenters. The lowest BCUT2D eigenvalue weighted by molar-refractivity contribution is 0.0698. The van der Waals surface area contributed by atoms with Gasteiger partial charge >= 0.3 is 5.97 Å². The van der Waals surface area contributed by atoms with Gasteiger partial charge in [-0.3, -0.25) is 4.79 Å². The van der Waals surface area contributed by atoms with Crippen LogP contribution >= 0.6 is 15.9 Å². The Kier molecular flexibility index (Phi) is 3.86. The van der Waals surface area contributed by atoms with E-state index >= 15 is 0 Å². The molecule has 2 aromatic rings. The third-order valence-electron chi connectivity index (χ3n) is 2.31. The maximum atomic E-state index is 11.9. The van der Waals surface area contributed by atoms with Crippen molar-refractivity contribution in [2.24, 2.45) is 0 Å². The third-order valence-corrected chi connectivity index (χ3v) is 2.80. The van der Waals surface area contributed by atoms with Gasteiger partial charge in [-0.2, -0.15) is 10.2 Å². The number of hydrogen-bond donors (Lipinski definition) is 2. The van der Waals surface area contributed by atoms with Crippen LogP contribution in [-0.2, 0) is 0 Å². The number of nitrogens with one attached hydrogen (secondary N) is 1. The molecule has 0 radical (unpaired) electrons. The Morgan fingerprint density at radius 3 is 2.63 bits per heavy atom. The van der Waals surface area contributed by atoms with Gasteiger partial charge in [-0.25, -0.2) is 4.79 Å². The first-order chi connectivity index (χ1) is 9.08. The van der Waals surface area contributed by atoms with Gasteiger partial charge < -0.3 is 10.4 Å². The molecule has 96 valence electrons. The molecule has 0 bridgehead atoms. The number of aromatic carboxylic acids is 1. The molecule has 0 aliphatic rings. The molecule has 1 heterocycles. The van der Waals surface area contributed by atoms with Crippen molar-refractivity contribution in [3.05, 3.63) is 52.3 Å². The predicted octanol–water partition coefficient (Wildman–Crippen LogP) is 2.19. The average molecular weight is 322 g/mol. The number of hydrogen-bond acceptors (Lipinski definition) is 4. The summed E-state index contributed by atoms with van der Waals surface area (Å²) in [4.78, 5) is 23.0. The Bertz CT molecular complexity index is 631. The Morgan fingerprint density at radius 2 is 2.00 bits per heavy atom. The zero-order valence-corrected chi connectivity index (χ0v) is 11.1. The van der Waals surface area contributed by atoms with Crippen LogP contribution < -0.4 is 5.32 Å². The molecular formula is C12H8BrN3O3. The molecule has 19 heavy (non-hydrogen) atoms. The molecular weight excluding hydrogens is 314 g/mol. The Morgan fingerprint density at radius 1 is 1.21 bits per heavy atom. The second-order valence-corrected chi connectivity index (χ2v) is 4.50. The summed E-state index contributed by atoms with van der Waals surface area (Å²) in [5, 5.41) is 18.8. The topological polar surface area (TPSA) is 92.2 Å². The van der Waals surface area contributed by atoms with E-state index in [1.54, 1.807) is 6.07 Å². The van der Waals surface area contributed by atoms with Gasteiger partial charge in [0, 0.05) is 4.47 Å². The summed E-state index contributed by atoms with van der Waals surface area (Å²) >= 11 is 3.18. The number of carboxylic acids is 1. The average Bonchev–Trinajstić information content (AvgIpc) is 2.41.